The van der Waals surface area contributed by atoms with Crippen LogP contribution in [0.3, 0.4) is 0 Å². The molecule has 0 aromatic carbocycles. The highest BCUT2D eigenvalue weighted by atomic mass is 35.5. The van der Waals surface area contributed by atoms with Gasteiger partial charge in [-0.3, -0.25) is 4.79 Å². The number of aliphatic carboxylic acids is 1. The van der Waals surface area contributed by atoms with Crippen LogP contribution in [0.1, 0.15) is 71.1 Å². The predicted octanol–water partition coefficient (Wildman–Crippen LogP) is 6.88. The lowest BCUT2D eigenvalue weighted by molar-refractivity contribution is -0.137. The van der Waals surface area contributed by atoms with Crippen LogP contribution in [0.25, 0.3) is 0 Å². The monoisotopic (exact) mass is 374 g/mol. The number of carbonyl (C=O) groups is 1. The fourth-order valence-electron chi connectivity index (χ4n) is 2.18. The molecular weight excluding hydrogens is 343 g/mol. The molecule has 4 heteroatoms. The molecule has 0 aliphatic carbocycles. The number of hydrogen-bond donors (Lipinski definition) is 1. The lowest BCUT2D eigenvalue weighted by Crippen LogP contribution is -2.14. The van der Waals surface area contributed by atoms with Gasteiger partial charge in [-0.15, -0.1) is 23.2 Å². The summed E-state index contributed by atoms with van der Waals surface area (Å²) in [5.74, 6) is -0.785. The maximum atomic E-state index is 10.5. The van der Waals surface area contributed by atoms with Gasteiger partial charge >= 0.3 is 5.97 Å². The molecule has 24 heavy (non-hydrogen) atoms. The molecule has 0 amide bonds. The highest BCUT2D eigenvalue weighted by Gasteiger charge is 2.15. The number of hydrogen-bond acceptors (Lipinski definition) is 1. The van der Waals surface area contributed by atoms with Crippen molar-refractivity contribution in [2.75, 3.05) is 0 Å². The molecule has 0 rings (SSSR count). The van der Waals surface area contributed by atoms with E-state index in [9.17, 15) is 4.79 Å². The van der Waals surface area contributed by atoms with E-state index in [1.54, 1.807) is 0 Å². The summed E-state index contributed by atoms with van der Waals surface area (Å²) in [7, 11) is 0. The topological polar surface area (TPSA) is 37.3 Å². The molecule has 0 radical (unpaired) electrons. The molecule has 0 fully saturated rings. The standard InChI is InChI=1S/C20H32Cl2O2/c1-2-3-4-5-6-7-8-9-10-11-12-13-15-18(21)19(22)16-14-17-20(23)24/h6-7,9-10,12-13,18-19H,2-5,8,11,14-17H2,1H3,(H,23,24). The fourth-order valence-corrected chi connectivity index (χ4v) is 2.66. The van der Waals surface area contributed by atoms with Crippen molar-refractivity contribution in [1.82, 2.24) is 0 Å². The molecular formula is C20H32Cl2O2. The van der Waals surface area contributed by atoms with E-state index in [0.29, 0.717) is 19.3 Å². The summed E-state index contributed by atoms with van der Waals surface area (Å²) in [5.41, 5.74) is 0. The third-order valence-corrected chi connectivity index (χ3v) is 4.78. The summed E-state index contributed by atoms with van der Waals surface area (Å²) >= 11 is 12.4. The van der Waals surface area contributed by atoms with E-state index in [-0.39, 0.29) is 17.2 Å². The van der Waals surface area contributed by atoms with E-state index >= 15 is 0 Å². The Morgan fingerprint density at radius 3 is 2.17 bits per heavy atom. The normalized spacial score (nSPS) is 14.8. The van der Waals surface area contributed by atoms with Crippen LogP contribution < -0.4 is 0 Å². The third kappa shape index (κ3) is 16.1. The van der Waals surface area contributed by atoms with Gasteiger partial charge in [0.05, 0.1) is 10.8 Å². The molecule has 0 aromatic heterocycles. The first-order valence-corrected chi connectivity index (χ1v) is 9.90. The number of carboxylic acids is 1. The Labute approximate surface area is 157 Å². The van der Waals surface area contributed by atoms with Crippen LogP contribution in [0.2, 0.25) is 0 Å². The van der Waals surface area contributed by atoms with E-state index < -0.39 is 5.97 Å². The van der Waals surface area contributed by atoms with Gasteiger partial charge in [0.25, 0.3) is 0 Å². The van der Waals surface area contributed by atoms with Gasteiger partial charge in [0.2, 0.25) is 0 Å². The van der Waals surface area contributed by atoms with Crippen molar-refractivity contribution < 1.29 is 9.90 Å². The van der Waals surface area contributed by atoms with Crippen molar-refractivity contribution in [1.29, 1.82) is 0 Å². The highest BCUT2D eigenvalue weighted by molar-refractivity contribution is 6.30. The van der Waals surface area contributed by atoms with E-state index in [1.165, 1.54) is 25.7 Å². The average molecular weight is 375 g/mol. The van der Waals surface area contributed by atoms with Gasteiger partial charge in [0.15, 0.2) is 0 Å². The summed E-state index contributed by atoms with van der Waals surface area (Å²) in [6.07, 6.45) is 22.0. The molecule has 2 atom stereocenters. The zero-order chi connectivity index (χ0) is 18.0. The van der Waals surface area contributed by atoms with Gasteiger partial charge in [0, 0.05) is 6.42 Å². The molecule has 0 saturated carbocycles. The predicted molar refractivity (Wildman–Crippen MR) is 106 cm³/mol. The molecule has 0 aliphatic rings. The van der Waals surface area contributed by atoms with Crippen LogP contribution in [0.15, 0.2) is 36.5 Å². The minimum absolute atomic E-state index is 0.147. The number of carboxylic acid groups (broad SMARTS) is 1. The largest absolute Gasteiger partial charge is 0.481 e. The van der Waals surface area contributed by atoms with Crippen molar-refractivity contribution in [2.24, 2.45) is 0 Å². The van der Waals surface area contributed by atoms with Gasteiger partial charge in [0.1, 0.15) is 0 Å². The Morgan fingerprint density at radius 1 is 0.917 bits per heavy atom. The van der Waals surface area contributed by atoms with Gasteiger partial charge in [-0.25, -0.2) is 0 Å². The fraction of sp³-hybridized carbons (Fsp3) is 0.650. The maximum Gasteiger partial charge on any atom is 0.303 e. The molecule has 2 nitrogen and oxygen atoms in total. The molecule has 1 N–H and O–H groups in total. The van der Waals surface area contributed by atoms with Crippen molar-refractivity contribution in [3.63, 3.8) is 0 Å². The SMILES string of the molecule is CCCCCC=CCC=CCC=CCC(Cl)C(Cl)CCCC(=O)O. The van der Waals surface area contributed by atoms with E-state index in [0.717, 1.165) is 12.8 Å². The van der Waals surface area contributed by atoms with Crippen molar-refractivity contribution >= 4 is 29.2 Å². The zero-order valence-corrected chi connectivity index (χ0v) is 16.3. The van der Waals surface area contributed by atoms with Gasteiger partial charge in [-0.2, -0.15) is 0 Å². The van der Waals surface area contributed by atoms with Crippen LogP contribution in [-0.4, -0.2) is 21.8 Å². The lowest BCUT2D eigenvalue weighted by atomic mass is 10.1. The van der Waals surface area contributed by atoms with Gasteiger partial charge in [-0.1, -0.05) is 56.2 Å². The quantitative estimate of drug-likeness (QED) is 0.192. The molecule has 0 bridgehead atoms. The first-order chi connectivity index (χ1) is 11.6. The molecule has 138 valence electrons. The summed E-state index contributed by atoms with van der Waals surface area (Å²) in [4.78, 5) is 10.5. The minimum atomic E-state index is -0.785. The highest BCUT2D eigenvalue weighted by Crippen LogP contribution is 2.20. The number of allylic oxidation sites excluding steroid dienone is 6. The summed E-state index contributed by atoms with van der Waals surface area (Å²) in [5, 5.41) is 8.27. The van der Waals surface area contributed by atoms with E-state index in [2.05, 4.69) is 43.4 Å². The number of unbranched alkanes of at least 4 members (excludes halogenated alkanes) is 3. The summed E-state index contributed by atoms with van der Waals surface area (Å²) in [6.45, 7) is 2.22. The minimum Gasteiger partial charge on any atom is -0.481 e. The molecule has 0 aliphatic heterocycles. The van der Waals surface area contributed by atoms with Gasteiger partial charge < -0.3 is 5.11 Å². The van der Waals surface area contributed by atoms with Crippen LogP contribution in [-0.2, 0) is 4.79 Å². The smallest absolute Gasteiger partial charge is 0.303 e. The number of alkyl halides is 2. The Kier molecular flexibility index (Phi) is 16.6. The molecule has 0 heterocycles. The number of halogens is 2. The molecule has 0 spiro atoms. The molecule has 0 saturated heterocycles. The average Bonchev–Trinajstić information content (AvgIpc) is 2.55. The molecule has 0 aromatic rings. The maximum absolute atomic E-state index is 10.5. The summed E-state index contributed by atoms with van der Waals surface area (Å²) in [6, 6.07) is 0. The van der Waals surface area contributed by atoms with Crippen LogP contribution in [0.5, 0.6) is 0 Å². The van der Waals surface area contributed by atoms with E-state index in [1.807, 2.05) is 0 Å². The van der Waals surface area contributed by atoms with Crippen LogP contribution in [0, 0.1) is 0 Å². The molecule has 2 unspecified atom stereocenters. The Hall–Kier alpha value is -0.730. The van der Waals surface area contributed by atoms with Crippen molar-refractivity contribution in [3.8, 4) is 0 Å². The van der Waals surface area contributed by atoms with Crippen molar-refractivity contribution in [3.05, 3.63) is 36.5 Å². The second-order valence-electron chi connectivity index (χ2n) is 5.94. The Morgan fingerprint density at radius 2 is 1.54 bits per heavy atom. The second-order valence-corrected chi connectivity index (χ2v) is 7.06. The van der Waals surface area contributed by atoms with Crippen LogP contribution in [0.4, 0.5) is 0 Å². The van der Waals surface area contributed by atoms with Gasteiger partial charge in [-0.05, 0) is 44.9 Å². The first-order valence-electron chi connectivity index (χ1n) is 9.02. The Bertz CT molecular complexity index is 389. The zero-order valence-electron chi connectivity index (χ0n) is 14.8. The van der Waals surface area contributed by atoms with Crippen LogP contribution >= 0.6 is 23.2 Å². The first kappa shape index (κ1) is 23.3. The Balaban J connectivity index is 3.65. The van der Waals surface area contributed by atoms with Crippen molar-refractivity contribution in [2.45, 2.75) is 81.9 Å². The summed E-state index contributed by atoms with van der Waals surface area (Å²) < 4.78 is 0. The third-order valence-electron chi connectivity index (χ3n) is 3.64. The lowest BCUT2D eigenvalue weighted by Gasteiger charge is -2.13. The number of rotatable bonds is 15. The van der Waals surface area contributed by atoms with E-state index in [4.69, 9.17) is 28.3 Å². The second kappa shape index (κ2) is 17.1.